The number of hydrogen-bond acceptors (Lipinski definition) is 2. The van der Waals surface area contributed by atoms with E-state index in [1.54, 1.807) is 0 Å². The standard InChI is InChI=1S/C11H21NO2/c1-8(2)9-6-4-5-7-11(9,3)14-10(12)13/h8-9H,4-7H2,1-3H3,(H2,12,13). The van der Waals surface area contributed by atoms with Crippen molar-refractivity contribution >= 4 is 6.09 Å². The molecular formula is C11H21NO2. The molecule has 0 aliphatic heterocycles. The molecule has 82 valence electrons. The van der Waals surface area contributed by atoms with Gasteiger partial charge in [0.25, 0.3) is 0 Å². The fourth-order valence-electron chi connectivity index (χ4n) is 2.73. The van der Waals surface area contributed by atoms with Crippen LogP contribution in [0.2, 0.25) is 0 Å². The Morgan fingerprint density at radius 3 is 2.64 bits per heavy atom. The molecule has 14 heavy (non-hydrogen) atoms. The van der Waals surface area contributed by atoms with E-state index in [1.165, 1.54) is 6.42 Å². The maximum atomic E-state index is 10.8. The maximum Gasteiger partial charge on any atom is 0.405 e. The maximum absolute atomic E-state index is 10.8. The summed E-state index contributed by atoms with van der Waals surface area (Å²) in [6.07, 6.45) is 3.81. The van der Waals surface area contributed by atoms with E-state index in [1.807, 2.05) is 6.92 Å². The molecule has 0 heterocycles. The Hall–Kier alpha value is -0.730. The van der Waals surface area contributed by atoms with Gasteiger partial charge in [0.05, 0.1) is 0 Å². The highest BCUT2D eigenvalue weighted by atomic mass is 16.6. The highest BCUT2D eigenvalue weighted by molar-refractivity contribution is 5.65. The van der Waals surface area contributed by atoms with E-state index in [0.29, 0.717) is 11.8 Å². The number of carbonyl (C=O) groups is 1. The van der Waals surface area contributed by atoms with Gasteiger partial charge in [-0.3, -0.25) is 0 Å². The van der Waals surface area contributed by atoms with Gasteiger partial charge >= 0.3 is 6.09 Å². The molecule has 3 heteroatoms. The monoisotopic (exact) mass is 199 g/mol. The molecule has 0 aromatic carbocycles. The number of rotatable bonds is 2. The molecular weight excluding hydrogens is 178 g/mol. The summed E-state index contributed by atoms with van der Waals surface area (Å²) >= 11 is 0. The minimum atomic E-state index is -0.639. The predicted molar refractivity (Wildman–Crippen MR) is 55.9 cm³/mol. The van der Waals surface area contributed by atoms with E-state index in [0.717, 1.165) is 19.3 Å². The van der Waals surface area contributed by atoms with Crippen molar-refractivity contribution in [2.24, 2.45) is 17.6 Å². The minimum Gasteiger partial charge on any atom is -0.443 e. The summed E-state index contributed by atoms with van der Waals surface area (Å²) in [7, 11) is 0. The summed E-state index contributed by atoms with van der Waals surface area (Å²) in [5, 5.41) is 0. The Morgan fingerprint density at radius 2 is 2.14 bits per heavy atom. The summed E-state index contributed by atoms with van der Waals surface area (Å²) in [6, 6.07) is 0. The number of nitrogens with two attached hydrogens (primary N) is 1. The van der Waals surface area contributed by atoms with Crippen LogP contribution in [0, 0.1) is 11.8 Å². The van der Waals surface area contributed by atoms with Crippen LogP contribution in [-0.4, -0.2) is 11.7 Å². The summed E-state index contributed by atoms with van der Waals surface area (Å²) < 4.78 is 5.29. The van der Waals surface area contributed by atoms with Crippen molar-refractivity contribution in [3.8, 4) is 0 Å². The normalized spacial score (nSPS) is 33.0. The van der Waals surface area contributed by atoms with Crippen molar-refractivity contribution in [2.75, 3.05) is 0 Å². The first kappa shape index (κ1) is 11.3. The molecule has 3 nitrogen and oxygen atoms in total. The van der Waals surface area contributed by atoms with E-state index in [2.05, 4.69) is 13.8 Å². The van der Waals surface area contributed by atoms with Gasteiger partial charge < -0.3 is 10.5 Å². The second-order valence-corrected chi connectivity index (χ2v) is 4.83. The second kappa shape index (κ2) is 4.20. The lowest BCUT2D eigenvalue weighted by Gasteiger charge is -2.42. The average molecular weight is 199 g/mol. The van der Waals surface area contributed by atoms with Gasteiger partial charge in [0.1, 0.15) is 5.60 Å². The van der Waals surface area contributed by atoms with E-state index in [-0.39, 0.29) is 5.60 Å². The Balaban J connectivity index is 2.73. The van der Waals surface area contributed by atoms with Crippen LogP contribution in [0.3, 0.4) is 0 Å². The van der Waals surface area contributed by atoms with Crippen LogP contribution in [0.5, 0.6) is 0 Å². The van der Waals surface area contributed by atoms with Crippen LogP contribution < -0.4 is 5.73 Å². The molecule has 0 radical (unpaired) electrons. The number of carbonyl (C=O) groups excluding carboxylic acids is 1. The zero-order chi connectivity index (χ0) is 10.8. The lowest BCUT2D eigenvalue weighted by molar-refractivity contribution is -0.0576. The fraction of sp³-hybridized carbons (Fsp3) is 0.909. The Bertz CT molecular complexity index is 215. The summed E-state index contributed by atoms with van der Waals surface area (Å²) in [6.45, 7) is 6.37. The number of primary amides is 1. The van der Waals surface area contributed by atoms with Gasteiger partial charge in [-0.25, -0.2) is 4.79 Å². The molecule has 0 saturated heterocycles. The lowest BCUT2D eigenvalue weighted by Crippen LogP contribution is -2.45. The molecule has 0 aromatic heterocycles. The third-order valence-electron chi connectivity index (χ3n) is 3.36. The Morgan fingerprint density at radius 1 is 1.50 bits per heavy atom. The Kier molecular flexibility index (Phi) is 3.40. The first-order valence-corrected chi connectivity index (χ1v) is 5.44. The third-order valence-corrected chi connectivity index (χ3v) is 3.36. The largest absolute Gasteiger partial charge is 0.443 e. The zero-order valence-electron chi connectivity index (χ0n) is 9.38. The van der Waals surface area contributed by atoms with Crippen molar-refractivity contribution < 1.29 is 9.53 Å². The summed E-state index contributed by atoms with van der Waals surface area (Å²) in [5.41, 5.74) is 4.77. The van der Waals surface area contributed by atoms with E-state index in [9.17, 15) is 4.79 Å². The molecule has 0 bridgehead atoms. The first-order valence-electron chi connectivity index (χ1n) is 5.44. The second-order valence-electron chi connectivity index (χ2n) is 4.83. The predicted octanol–water partition coefficient (Wildman–Crippen LogP) is 2.69. The van der Waals surface area contributed by atoms with Crippen LogP contribution >= 0.6 is 0 Å². The van der Waals surface area contributed by atoms with Crippen LogP contribution in [0.4, 0.5) is 4.79 Å². The quantitative estimate of drug-likeness (QED) is 0.743. The van der Waals surface area contributed by atoms with E-state index < -0.39 is 6.09 Å². The zero-order valence-corrected chi connectivity index (χ0v) is 9.38. The molecule has 1 rings (SSSR count). The van der Waals surface area contributed by atoms with Crippen molar-refractivity contribution in [2.45, 2.75) is 52.1 Å². The van der Waals surface area contributed by atoms with Gasteiger partial charge in [0.2, 0.25) is 0 Å². The smallest absolute Gasteiger partial charge is 0.405 e. The highest BCUT2D eigenvalue weighted by Crippen LogP contribution is 2.40. The van der Waals surface area contributed by atoms with Gasteiger partial charge in [-0.15, -0.1) is 0 Å². The van der Waals surface area contributed by atoms with Crippen molar-refractivity contribution in [3.05, 3.63) is 0 Å². The highest BCUT2D eigenvalue weighted by Gasteiger charge is 2.40. The van der Waals surface area contributed by atoms with E-state index in [4.69, 9.17) is 10.5 Å². The molecule has 1 aliphatic carbocycles. The molecule has 2 N–H and O–H groups in total. The third kappa shape index (κ3) is 2.40. The molecule has 1 aliphatic rings. The van der Waals surface area contributed by atoms with Crippen molar-refractivity contribution in [1.29, 1.82) is 0 Å². The molecule has 2 atom stereocenters. The molecule has 2 unspecified atom stereocenters. The molecule has 1 saturated carbocycles. The van der Waals surface area contributed by atoms with Gasteiger partial charge in [0, 0.05) is 5.92 Å². The SMILES string of the molecule is CC(C)C1CCCCC1(C)OC(N)=O. The van der Waals surface area contributed by atoms with Crippen LogP contribution in [0.25, 0.3) is 0 Å². The van der Waals surface area contributed by atoms with Crippen LogP contribution in [-0.2, 0) is 4.74 Å². The van der Waals surface area contributed by atoms with E-state index >= 15 is 0 Å². The molecule has 0 spiro atoms. The summed E-state index contributed by atoms with van der Waals surface area (Å²) in [4.78, 5) is 10.8. The van der Waals surface area contributed by atoms with Crippen molar-refractivity contribution in [3.63, 3.8) is 0 Å². The van der Waals surface area contributed by atoms with Gasteiger partial charge in [0.15, 0.2) is 0 Å². The first-order chi connectivity index (χ1) is 6.46. The average Bonchev–Trinajstić information content (AvgIpc) is 2.01. The van der Waals surface area contributed by atoms with Crippen LogP contribution in [0.1, 0.15) is 46.5 Å². The number of ether oxygens (including phenoxy) is 1. The van der Waals surface area contributed by atoms with Crippen LogP contribution in [0.15, 0.2) is 0 Å². The number of hydrogen-bond donors (Lipinski definition) is 1. The Labute approximate surface area is 86.0 Å². The van der Waals surface area contributed by atoms with Gasteiger partial charge in [-0.2, -0.15) is 0 Å². The molecule has 1 amide bonds. The summed E-state index contributed by atoms with van der Waals surface area (Å²) in [5.74, 6) is 0.989. The topological polar surface area (TPSA) is 52.3 Å². The molecule has 1 fully saturated rings. The fourth-order valence-corrected chi connectivity index (χ4v) is 2.73. The molecule has 0 aromatic rings. The van der Waals surface area contributed by atoms with Gasteiger partial charge in [-0.1, -0.05) is 20.3 Å². The van der Waals surface area contributed by atoms with Gasteiger partial charge in [-0.05, 0) is 32.1 Å². The lowest BCUT2D eigenvalue weighted by atomic mass is 9.71. The van der Waals surface area contributed by atoms with Crippen molar-refractivity contribution in [1.82, 2.24) is 0 Å². The minimum absolute atomic E-state index is 0.335. The number of amides is 1.